The lowest BCUT2D eigenvalue weighted by molar-refractivity contribution is -0.143. The Balaban J connectivity index is 4.02. The van der Waals surface area contributed by atoms with Gasteiger partial charge in [-0.25, -0.2) is 8.78 Å². The molecule has 0 aliphatic heterocycles. The highest BCUT2D eigenvalue weighted by atomic mass is 19.3. The first kappa shape index (κ1) is 11.3. The number of likely N-dealkylation sites (N-methyl/N-ethyl adjacent to an activating group) is 1. The predicted octanol–water partition coefficient (Wildman–Crippen LogP) is 1.05. The lowest BCUT2D eigenvalue weighted by Crippen LogP contribution is -2.40. The fourth-order valence-corrected chi connectivity index (χ4v) is 1.02. The molecule has 0 fully saturated rings. The molecule has 3 nitrogen and oxygen atoms in total. The first-order chi connectivity index (χ1) is 5.49. The van der Waals surface area contributed by atoms with Gasteiger partial charge in [-0.15, -0.1) is 0 Å². The fourth-order valence-electron chi connectivity index (χ4n) is 1.02. The smallest absolute Gasteiger partial charge is 0.320 e. The van der Waals surface area contributed by atoms with E-state index in [2.05, 4.69) is 0 Å². The van der Waals surface area contributed by atoms with Gasteiger partial charge in [0.1, 0.15) is 6.04 Å². The molecule has 0 rings (SSSR count). The van der Waals surface area contributed by atoms with Gasteiger partial charge in [0.25, 0.3) is 6.43 Å². The van der Waals surface area contributed by atoms with Gasteiger partial charge in [0.15, 0.2) is 0 Å². The van der Waals surface area contributed by atoms with E-state index in [1.54, 1.807) is 6.92 Å². The molecule has 0 saturated carbocycles. The number of carbonyl (C=O) groups is 1. The summed E-state index contributed by atoms with van der Waals surface area (Å²) in [5.41, 5.74) is 0. The SMILES string of the molecule is CCC(C(=O)O)N(C)CC(F)F. The van der Waals surface area contributed by atoms with Crippen molar-refractivity contribution < 1.29 is 18.7 Å². The number of carboxylic acid groups (broad SMARTS) is 1. The molecule has 1 unspecified atom stereocenters. The monoisotopic (exact) mass is 181 g/mol. The van der Waals surface area contributed by atoms with Crippen LogP contribution < -0.4 is 0 Å². The summed E-state index contributed by atoms with van der Waals surface area (Å²) in [6.07, 6.45) is -2.15. The molecule has 0 bridgehead atoms. The Morgan fingerprint density at radius 3 is 2.33 bits per heavy atom. The zero-order valence-corrected chi connectivity index (χ0v) is 7.13. The topological polar surface area (TPSA) is 40.5 Å². The van der Waals surface area contributed by atoms with Crippen molar-refractivity contribution in [2.24, 2.45) is 0 Å². The molecular weight excluding hydrogens is 168 g/mol. The molecule has 0 aliphatic rings. The fraction of sp³-hybridized carbons (Fsp3) is 0.857. The Morgan fingerprint density at radius 1 is 1.58 bits per heavy atom. The average molecular weight is 181 g/mol. The van der Waals surface area contributed by atoms with Crippen LogP contribution in [0.5, 0.6) is 0 Å². The molecular formula is C7H13F2NO2. The third-order valence-electron chi connectivity index (χ3n) is 1.63. The molecule has 0 radical (unpaired) electrons. The molecule has 1 atom stereocenters. The van der Waals surface area contributed by atoms with Crippen molar-refractivity contribution in [1.29, 1.82) is 0 Å². The Hall–Kier alpha value is -0.710. The molecule has 1 N–H and O–H groups in total. The summed E-state index contributed by atoms with van der Waals surface area (Å²) < 4.78 is 23.6. The highest BCUT2D eigenvalue weighted by molar-refractivity contribution is 5.73. The summed E-state index contributed by atoms with van der Waals surface area (Å²) in [4.78, 5) is 11.6. The maximum Gasteiger partial charge on any atom is 0.320 e. The molecule has 0 aromatic carbocycles. The first-order valence-corrected chi connectivity index (χ1v) is 3.70. The summed E-state index contributed by atoms with van der Waals surface area (Å²) in [5, 5.41) is 8.57. The van der Waals surface area contributed by atoms with E-state index in [0.29, 0.717) is 6.42 Å². The lowest BCUT2D eigenvalue weighted by Gasteiger charge is -2.22. The van der Waals surface area contributed by atoms with E-state index in [-0.39, 0.29) is 0 Å². The van der Waals surface area contributed by atoms with Gasteiger partial charge in [0.05, 0.1) is 6.54 Å². The molecule has 0 aliphatic carbocycles. The van der Waals surface area contributed by atoms with Gasteiger partial charge in [-0.2, -0.15) is 0 Å². The lowest BCUT2D eigenvalue weighted by atomic mass is 10.2. The summed E-state index contributed by atoms with van der Waals surface area (Å²) in [6.45, 7) is 1.16. The maximum absolute atomic E-state index is 11.8. The van der Waals surface area contributed by atoms with Crippen LogP contribution in [0, 0.1) is 0 Å². The Labute approximate surface area is 70.0 Å². The number of alkyl halides is 2. The molecule has 0 spiro atoms. The minimum Gasteiger partial charge on any atom is -0.480 e. The largest absolute Gasteiger partial charge is 0.480 e. The number of halogens is 2. The molecule has 0 heterocycles. The van der Waals surface area contributed by atoms with E-state index in [1.807, 2.05) is 0 Å². The van der Waals surface area contributed by atoms with Crippen LogP contribution in [-0.4, -0.2) is 42.0 Å². The van der Waals surface area contributed by atoms with Crippen molar-refractivity contribution >= 4 is 5.97 Å². The number of carboxylic acids is 1. The molecule has 0 amide bonds. The van der Waals surface area contributed by atoms with Gasteiger partial charge < -0.3 is 5.11 Å². The van der Waals surface area contributed by atoms with E-state index in [0.717, 1.165) is 4.90 Å². The second-order valence-electron chi connectivity index (χ2n) is 2.59. The van der Waals surface area contributed by atoms with Crippen molar-refractivity contribution in [3.63, 3.8) is 0 Å². The van der Waals surface area contributed by atoms with Gasteiger partial charge >= 0.3 is 5.97 Å². The van der Waals surface area contributed by atoms with Crippen LogP contribution in [0.1, 0.15) is 13.3 Å². The van der Waals surface area contributed by atoms with Crippen LogP contribution in [0.15, 0.2) is 0 Å². The Bertz CT molecular complexity index is 152. The summed E-state index contributed by atoms with van der Waals surface area (Å²) >= 11 is 0. The third-order valence-corrected chi connectivity index (χ3v) is 1.63. The van der Waals surface area contributed by atoms with E-state index in [4.69, 9.17) is 5.11 Å². The normalized spacial score (nSPS) is 13.8. The zero-order chi connectivity index (χ0) is 9.72. The molecule has 0 aromatic rings. The standard InChI is InChI=1S/C7H13F2NO2/c1-3-5(7(11)12)10(2)4-6(8)9/h5-6H,3-4H2,1-2H3,(H,11,12). The van der Waals surface area contributed by atoms with E-state index in [1.165, 1.54) is 7.05 Å². The Morgan fingerprint density at radius 2 is 2.08 bits per heavy atom. The molecule has 0 saturated heterocycles. The quantitative estimate of drug-likeness (QED) is 0.689. The van der Waals surface area contributed by atoms with Crippen LogP contribution in [-0.2, 0) is 4.79 Å². The molecule has 5 heteroatoms. The number of nitrogens with zero attached hydrogens (tertiary/aromatic N) is 1. The summed E-state index contributed by atoms with van der Waals surface area (Å²) in [6, 6.07) is -0.806. The van der Waals surface area contributed by atoms with Gasteiger partial charge in [-0.1, -0.05) is 6.92 Å². The van der Waals surface area contributed by atoms with E-state index in [9.17, 15) is 13.6 Å². The van der Waals surface area contributed by atoms with Crippen molar-refractivity contribution in [3.05, 3.63) is 0 Å². The highest BCUT2D eigenvalue weighted by Crippen LogP contribution is 2.04. The van der Waals surface area contributed by atoms with Crippen molar-refractivity contribution in [1.82, 2.24) is 4.90 Å². The highest BCUT2D eigenvalue weighted by Gasteiger charge is 2.22. The number of hydrogen-bond acceptors (Lipinski definition) is 2. The van der Waals surface area contributed by atoms with Gasteiger partial charge in [-0.3, -0.25) is 9.69 Å². The van der Waals surface area contributed by atoms with Crippen LogP contribution in [0.3, 0.4) is 0 Å². The minimum absolute atomic E-state index is 0.332. The molecule has 12 heavy (non-hydrogen) atoms. The summed E-state index contributed by atoms with van der Waals surface area (Å²) in [7, 11) is 1.38. The van der Waals surface area contributed by atoms with Crippen LogP contribution in [0.4, 0.5) is 8.78 Å². The molecule has 0 aromatic heterocycles. The van der Waals surface area contributed by atoms with Crippen molar-refractivity contribution in [2.75, 3.05) is 13.6 Å². The van der Waals surface area contributed by atoms with Crippen molar-refractivity contribution in [3.8, 4) is 0 Å². The predicted molar refractivity (Wildman–Crippen MR) is 40.3 cm³/mol. The zero-order valence-electron chi connectivity index (χ0n) is 7.13. The number of aliphatic carboxylic acids is 1. The third kappa shape index (κ3) is 3.61. The van der Waals surface area contributed by atoms with Gasteiger partial charge in [-0.05, 0) is 13.5 Å². The maximum atomic E-state index is 11.8. The Kier molecular flexibility index (Phi) is 4.73. The second-order valence-corrected chi connectivity index (χ2v) is 2.59. The van der Waals surface area contributed by atoms with Crippen molar-refractivity contribution in [2.45, 2.75) is 25.8 Å². The first-order valence-electron chi connectivity index (χ1n) is 3.70. The number of hydrogen-bond donors (Lipinski definition) is 1. The van der Waals surface area contributed by atoms with E-state index < -0.39 is 25.0 Å². The minimum atomic E-state index is -2.48. The molecule has 72 valence electrons. The summed E-state index contributed by atoms with van der Waals surface area (Å²) in [5.74, 6) is -1.05. The van der Waals surface area contributed by atoms with Gasteiger partial charge in [0.2, 0.25) is 0 Å². The van der Waals surface area contributed by atoms with Crippen LogP contribution >= 0.6 is 0 Å². The van der Waals surface area contributed by atoms with E-state index >= 15 is 0 Å². The number of rotatable bonds is 5. The van der Waals surface area contributed by atoms with Gasteiger partial charge in [0, 0.05) is 0 Å². The van der Waals surface area contributed by atoms with Crippen LogP contribution in [0.2, 0.25) is 0 Å². The second kappa shape index (κ2) is 5.03. The van der Waals surface area contributed by atoms with Crippen LogP contribution in [0.25, 0.3) is 0 Å². The average Bonchev–Trinajstić information content (AvgIpc) is 1.85.